The summed E-state index contributed by atoms with van der Waals surface area (Å²) in [5.74, 6) is 0.0788. The molecular formula is C13H12BrFN2O. The van der Waals surface area contributed by atoms with Crippen molar-refractivity contribution < 1.29 is 4.39 Å². The molecule has 2 aromatic rings. The summed E-state index contributed by atoms with van der Waals surface area (Å²) in [6.45, 7) is 3.60. The van der Waals surface area contributed by atoms with E-state index < -0.39 is 0 Å². The van der Waals surface area contributed by atoms with Crippen LogP contribution >= 0.6 is 15.9 Å². The lowest BCUT2D eigenvalue weighted by Crippen LogP contribution is -2.13. The summed E-state index contributed by atoms with van der Waals surface area (Å²) in [6.07, 6.45) is 0.631. The fraction of sp³-hybridized carbons (Fsp3) is 0.231. The summed E-state index contributed by atoms with van der Waals surface area (Å²) >= 11 is 3.19. The Morgan fingerprint density at radius 2 is 2.17 bits per heavy atom. The van der Waals surface area contributed by atoms with Crippen molar-refractivity contribution >= 4 is 15.9 Å². The third-order valence-electron chi connectivity index (χ3n) is 2.71. The van der Waals surface area contributed by atoms with Crippen molar-refractivity contribution in [1.82, 2.24) is 9.97 Å². The van der Waals surface area contributed by atoms with Crippen LogP contribution in [-0.4, -0.2) is 9.97 Å². The zero-order valence-electron chi connectivity index (χ0n) is 10.1. The van der Waals surface area contributed by atoms with Crippen LogP contribution < -0.4 is 5.56 Å². The van der Waals surface area contributed by atoms with Gasteiger partial charge in [0.25, 0.3) is 5.56 Å². The Labute approximate surface area is 112 Å². The Hall–Kier alpha value is -1.49. The molecule has 0 radical (unpaired) electrons. The number of aromatic nitrogens is 2. The van der Waals surface area contributed by atoms with Crippen LogP contribution in [-0.2, 0) is 6.42 Å². The second-order valence-corrected chi connectivity index (χ2v) is 4.79. The highest BCUT2D eigenvalue weighted by Crippen LogP contribution is 2.19. The van der Waals surface area contributed by atoms with Gasteiger partial charge in [-0.05, 0) is 40.9 Å². The van der Waals surface area contributed by atoms with Gasteiger partial charge in [0, 0.05) is 5.56 Å². The predicted octanol–water partition coefficient (Wildman–Crippen LogP) is 3.21. The number of hydrogen-bond donors (Lipinski definition) is 1. The molecule has 0 aliphatic rings. The molecule has 1 N–H and O–H groups in total. The van der Waals surface area contributed by atoms with Gasteiger partial charge in [0.15, 0.2) is 0 Å². The van der Waals surface area contributed by atoms with Crippen molar-refractivity contribution in [2.45, 2.75) is 20.3 Å². The summed E-state index contributed by atoms with van der Waals surface area (Å²) in [7, 11) is 0. The molecule has 1 aromatic carbocycles. The van der Waals surface area contributed by atoms with E-state index in [-0.39, 0.29) is 11.4 Å². The number of nitrogens with zero attached hydrogens (tertiary/aromatic N) is 1. The van der Waals surface area contributed by atoms with Gasteiger partial charge in [0.2, 0.25) is 0 Å². The number of aromatic amines is 1. The molecule has 0 fully saturated rings. The number of rotatable bonds is 2. The number of aryl methyl sites for hydroxylation is 2. The summed E-state index contributed by atoms with van der Waals surface area (Å²) in [6, 6.07) is 4.78. The van der Waals surface area contributed by atoms with Gasteiger partial charge in [-0.3, -0.25) is 4.79 Å². The van der Waals surface area contributed by atoms with Gasteiger partial charge >= 0.3 is 0 Å². The molecule has 0 unspecified atom stereocenters. The van der Waals surface area contributed by atoms with E-state index >= 15 is 0 Å². The van der Waals surface area contributed by atoms with Gasteiger partial charge in [-0.1, -0.05) is 19.1 Å². The quantitative estimate of drug-likeness (QED) is 0.925. The molecule has 0 saturated carbocycles. The number of nitrogens with one attached hydrogen (secondary N) is 1. The molecule has 0 amide bonds. The third-order valence-corrected chi connectivity index (χ3v) is 3.53. The second-order valence-electron chi connectivity index (χ2n) is 3.99. The molecule has 94 valence electrons. The molecular weight excluding hydrogens is 299 g/mol. The van der Waals surface area contributed by atoms with Gasteiger partial charge < -0.3 is 4.98 Å². The lowest BCUT2D eigenvalue weighted by molar-refractivity contribution is 0.619. The van der Waals surface area contributed by atoms with E-state index in [1.54, 1.807) is 19.1 Å². The van der Waals surface area contributed by atoms with Crippen LogP contribution in [0.5, 0.6) is 0 Å². The minimum absolute atomic E-state index is 0.252. The molecule has 0 aliphatic carbocycles. The fourth-order valence-corrected chi connectivity index (χ4v) is 2.08. The van der Waals surface area contributed by atoms with Crippen LogP contribution in [0, 0.1) is 12.7 Å². The summed E-state index contributed by atoms with van der Waals surface area (Å²) in [5, 5.41) is 0. The Balaban J connectivity index is 2.60. The van der Waals surface area contributed by atoms with Gasteiger partial charge in [-0.2, -0.15) is 0 Å². The molecule has 0 spiro atoms. The molecule has 5 heteroatoms. The largest absolute Gasteiger partial charge is 0.306 e. The molecule has 0 aliphatic heterocycles. The highest BCUT2D eigenvalue weighted by Gasteiger charge is 2.10. The second kappa shape index (κ2) is 5.02. The molecule has 1 aromatic heterocycles. The molecule has 0 atom stereocenters. The van der Waals surface area contributed by atoms with Gasteiger partial charge in [0.1, 0.15) is 16.1 Å². The minimum atomic E-state index is -0.309. The zero-order chi connectivity index (χ0) is 13.3. The average Bonchev–Trinajstić information content (AvgIpc) is 2.36. The van der Waals surface area contributed by atoms with Crippen molar-refractivity contribution in [3.63, 3.8) is 0 Å². The van der Waals surface area contributed by atoms with E-state index in [2.05, 4.69) is 25.9 Å². The lowest BCUT2D eigenvalue weighted by atomic mass is 10.1. The predicted molar refractivity (Wildman–Crippen MR) is 72.1 cm³/mol. The first kappa shape index (κ1) is 13.0. The van der Waals surface area contributed by atoms with Crippen molar-refractivity contribution in [3.8, 4) is 11.4 Å². The molecule has 18 heavy (non-hydrogen) atoms. The maximum Gasteiger partial charge on any atom is 0.265 e. The smallest absolute Gasteiger partial charge is 0.265 e. The fourth-order valence-electron chi connectivity index (χ4n) is 1.62. The van der Waals surface area contributed by atoms with Crippen LogP contribution in [0.15, 0.2) is 27.5 Å². The van der Waals surface area contributed by atoms with Crippen molar-refractivity contribution in [2.75, 3.05) is 0 Å². The van der Waals surface area contributed by atoms with Crippen molar-refractivity contribution in [2.24, 2.45) is 0 Å². The standard InChI is InChI=1S/C13H12BrFN2O/c1-3-10-11(14)13(18)17-12(16-10)8-5-4-7(2)9(15)6-8/h4-6H,3H2,1-2H3,(H,16,17,18). The number of hydrogen-bond acceptors (Lipinski definition) is 2. The van der Waals surface area contributed by atoms with Crippen molar-refractivity contribution in [1.29, 1.82) is 0 Å². The first-order valence-corrected chi connectivity index (χ1v) is 6.37. The van der Waals surface area contributed by atoms with Gasteiger partial charge in [-0.25, -0.2) is 9.37 Å². The Kier molecular flexibility index (Phi) is 3.61. The average molecular weight is 311 g/mol. The maximum absolute atomic E-state index is 13.5. The summed E-state index contributed by atoms with van der Waals surface area (Å²) in [4.78, 5) is 18.7. The molecule has 0 bridgehead atoms. The molecule has 0 saturated heterocycles. The highest BCUT2D eigenvalue weighted by molar-refractivity contribution is 9.10. The van der Waals surface area contributed by atoms with Crippen LogP contribution in [0.3, 0.4) is 0 Å². The third kappa shape index (κ3) is 2.36. The highest BCUT2D eigenvalue weighted by atomic mass is 79.9. The van der Waals surface area contributed by atoms with Crippen LogP contribution in [0.1, 0.15) is 18.2 Å². The van der Waals surface area contributed by atoms with Crippen molar-refractivity contribution in [3.05, 3.63) is 50.1 Å². The number of benzene rings is 1. The Morgan fingerprint density at radius 3 is 2.78 bits per heavy atom. The molecule has 3 nitrogen and oxygen atoms in total. The molecule has 1 heterocycles. The number of halogens is 2. The normalized spacial score (nSPS) is 10.7. The van der Waals surface area contributed by atoms with E-state index in [4.69, 9.17) is 0 Å². The summed E-state index contributed by atoms with van der Waals surface area (Å²) in [5.41, 5.74) is 1.54. The first-order valence-electron chi connectivity index (χ1n) is 5.58. The SMILES string of the molecule is CCc1nc(-c2ccc(C)c(F)c2)[nH]c(=O)c1Br. The van der Waals surface area contributed by atoms with Gasteiger partial charge in [-0.15, -0.1) is 0 Å². The number of H-pyrrole nitrogens is 1. The van der Waals surface area contributed by atoms with Gasteiger partial charge in [0.05, 0.1) is 5.69 Å². The van der Waals surface area contributed by atoms with E-state index in [9.17, 15) is 9.18 Å². The topological polar surface area (TPSA) is 45.8 Å². The van der Waals surface area contributed by atoms with E-state index in [1.165, 1.54) is 6.07 Å². The van der Waals surface area contributed by atoms with E-state index in [0.717, 1.165) is 0 Å². The summed E-state index contributed by atoms with van der Waals surface area (Å²) < 4.78 is 13.9. The van der Waals surface area contributed by atoms with Crippen LogP contribution in [0.2, 0.25) is 0 Å². The Morgan fingerprint density at radius 1 is 1.44 bits per heavy atom. The maximum atomic E-state index is 13.5. The minimum Gasteiger partial charge on any atom is -0.306 e. The Bertz CT molecular complexity index is 652. The van der Waals surface area contributed by atoms with Crippen LogP contribution in [0.4, 0.5) is 4.39 Å². The zero-order valence-corrected chi connectivity index (χ0v) is 11.6. The van der Waals surface area contributed by atoms with Crippen LogP contribution in [0.25, 0.3) is 11.4 Å². The van der Waals surface area contributed by atoms with E-state index in [0.29, 0.717) is 33.5 Å². The monoisotopic (exact) mass is 310 g/mol. The lowest BCUT2D eigenvalue weighted by Gasteiger charge is -2.06. The van der Waals surface area contributed by atoms with E-state index in [1.807, 2.05) is 6.92 Å². The first-order chi connectivity index (χ1) is 8.52. The molecule has 2 rings (SSSR count).